The van der Waals surface area contributed by atoms with Crippen molar-refractivity contribution in [2.45, 2.75) is 19.3 Å². The van der Waals surface area contributed by atoms with Gasteiger partial charge in [0.2, 0.25) is 0 Å². The molecule has 2 N–H and O–H groups in total. The lowest BCUT2D eigenvalue weighted by Crippen LogP contribution is -2.44. The van der Waals surface area contributed by atoms with Gasteiger partial charge in [0, 0.05) is 19.6 Å². The first-order valence-corrected chi connectivity index (χ1v) is 6.39. The summed E-state index contributed by atoms with van der Waals surface area (Å²) >= 11 is 0. The lowest BCUT2D eigenvalue weighted by molar-refractivity contribution is 0.115. The van der Waals surface area contributed by atoms with E-state index in [1.807, 2.05) is 0 Å². The van der Waals surface area contributed by atoms with Crippen LogP contribution in [0.2, 0.25) is 0 Å². The van der Waals surface area contributed by atoms with Gasteiger partial charge in [0.1, 0.15) is 0 Å². The summed E-state index contributed by atoms with van der Waals surface area (Å²) in [5, 5.41) is 0. The van der Waals surface area contributed by atoms with Gasteiger partial charge in [-0.25, -0.2) is 0 Å². The van der Waals surface area contributed by atoms with Gasteiger partial charge < -0.3 is 15.5 Å². The van der Waals surface area contributed by atoms with Gasteiger partial charge in [0.25, 0.3) is 0 Å². The molecule has 2 saturated heterocycles. The average molecular weight is 211 g/mol. The summed E-state index contributed by atoms with van der Waals surface area (Å²) in [5.74, 6) is 1.86. The van der Waals surface area contributed by atoms with E-state index >= 15 is 0 Å². The summed E-state index contributed by atoms with van der Waals surface area (Å²) in [4.78, 5) is 5.05. The van der Waals surface area contributed by atoms with Crippen LogP contribution in [0.3, 0.4) is 0 Å². The SMILES string of the molecule is CN1CC(CCN2CCC(CCN)C2)C1. The van der Waals surface area contributed by atoms with E-state index < -0.39 is 0 Å². The molecule has 2 fully saturated rings. The van der Waals surface area contributed by atoms with Gasteiger partial charge >= 0.3 is 0 Å². The van der Waals surface area contributed by atoms with Crippen molar-refractivity contribution in [3.05, 3.63) is 0 Å². The predicted molar refractivity (Wildman–Crippen MR) is 63.8 cm³/mol. The Kier molecular flexibility index (Phi) is 4.00. The molecule has 2 aliphatic heterocycles. The van der Waals surface area contributed by atoms with Gasteiger partial charge in [-0.2, -0.15) is 0 Å². The van der Waals surface area contributed by atoms with Crippen LogP contribution in [0.1, 0.15) is 19.3 Å². The molecular weight excluding hydrogens is 186 g/mol. The van der Waals surface area contributed by atoms with Crippen molar-refractivity contribution in [2.75, 3.05) is 46.3 Å². The molecule has 0 bridgehead atoms. The van der Waals surface area contributed by atoms with Crippen LogP contribution in [0.5, 0.6) is 0 Å². The molecule has 0 saturated carbocycles. The molecule has 0 radical (unpaired) electrons. The summed E-state index contributed by atoms with van der Waals surface area (Å²) in [6, 6.07) is 0. The number of likely N-dealkylation sites (tertiary alicyclic amines) is 2. The Balaban J connectivity index is 1.56. The maximum Gasteiger partial charge on any atom is 0.00194 e. The minimum Gasteiger partial charge on any atom is -0.330 e. The fourth-order valence-electron chi connectivity index (χ4n) is 2.96. The highest BCUT2D eigenvalue weighted by Gasteiger charge is 2.26. The molecule has 0 amide bonds. The minimum absolute atomic E-state index is 0.867. The van der Waals surface area contributed by atoms with E-state index in [2.05, 4.69) is 16.8 Å². The third-order valence-corrected chi connectivity index (χ3v) is 3.94. The van der Waals surface area contributed by atoms with Crippen LogP contribution in [0, 0.1) is 11.8 Å². The molecule has 0 aromatic rings. The molecule has 2 heterocycles. The highest BCUT2D eigenvalue weighted by molar-refractivity contribution is 4.80. The summed E-state index contributed by atoms with van der Waals surface area (Å²) in [6.45, 7) is 7.44. The Bertz CT molecular complexity index is 189. The Morgan fingerprint density at radius 3 is 2.60 bits per heavy atom. The van der Waals surface area contributed by atoms with Crippen molar-refractivity contribution in [1.82, 2.24) is 9.80 Å². The fourth-order valence-corrected chi connectivity index (χ4v) is 2.96. The van der Waals surface area contributed by atoms with Gasteiger partial charge in [-0.15, -0.1) is 0 Å². The number of nitrogens with two attached hydrogens (primary N) is 1. The smallest absolute Gasteiger partial charge is 0.00194 e. The van der Waals surface area contributed by atoms with Crippen LogP contribution in [0.4, 0.5) is 0 Å². The van der Waals surface area contributed by atoms with E-state index in [0.29, 0.717) is 0 Å². The monoisotopic (exact) mass is 211 g/mol. The minimum atomic E-state index is 0.867. The van der Waals surface area contributed by atoms with Gasteiger partial charge in [-0.1, -0.05) is 0 Å². The second-order valence-electron chi connectivity index (χ2n) is 5.41. The van der Waals surface area contributed by atoms with Crippen LogP contribution < -0.4 is 5.73 Å². The molecule has 3 heteroatoms. The van der Waals surface area contributed by atoms with Gasteiger partial charge in [-0.05, 0) is 57.8 Å². The summed E-state index contributed by atoms with van der Waals surface area (Å²) < 4.78 is 0. The first-order chi connectivity index (χ1) is 7.28. The van der Waals surface area contributed by atoms with Crippen LogP contribution in [-0.2, 0) is 0 Å². The number of nitrogens with zero attached hydrogens (tertiary/aromatic N) is 2. The molecule has 2 rings (SSSR count). The zero-order chi connectivity index (χ0) is 10.7. The highest BCUT2D eigenvalue weighted by atomic mass is 15.2. The number of hydrogen-bond donors (Lipinski definition) is 1. The van der Waals surface area contributed by atoms with Crippen molar-refractivity contribution in [3.8, 4) is 0 Å². The maximum absolute atomic E-state index is 5.60. The fraction of sp³-hybridized carbons (Fsp3) is 1.00. The van der Waals surface area contributed by atoms with E-state index in [-0.39, 0.29) is 0 Å². The van der Waals surface area contributed by atoms with E-state index in [9.17, 15) is 0 Å². The zero-order valence-electron chi connectivity index (χ0n) is 9.99. The van der Waals surface area contributed by atoms with Crippen molar-refractivity contribution in [1.29, 1.82) is 0 Å². The molecule has 0 aromatic carbocycles. The van der Waals surface area contributed by atoms with E-state index in [0.717, 1.165) is 18.4 Å². The molecule has 1 atom stereocenters. The molecule has 1 unspecified atom stereocenters. The van der Waals surface area contributed by atoms with Gasteiger partial charge in [0.05, 0.1) is 0 Å². The second kappa shape index (κ2) is 5.28. The van der Waals surface area contributed by atoms with Crippen LogP contribution >= 0.6 is 0 Å². The largest absolute Gasteiger partial charge is 0.330 e. The van der Waals surface area contributed by atoms with Crippen LogP contribution in [0.15, 0.2) is 0 Å². The van der Waals surface area contributed by atoms with E-state index in [4.69, 9.17) is 5.73 Å². The lowest BCUT2D eigenvalue weighted by atomic mass is 9.97. The molecular formula is C12H25N3. The normalized spacial score (nSPS) is 29.6. The van der Waals surface area contributed by atoms with E-state index in [1.54, 1.807) is 0 Å². The molecule has 3 nitrogen and oxygen atoms in total. The summed E-state index contributed by atoms with van der Waals surface area (Å²) in [7, 11) is 2.21. The molecule has 0 aromatic heterocycles. The summed E-state index contributed by atoms with van der Waals surface area (Å²) in [6.07, 6.45) is 4.00. The molecule has 88 valence electrons. The molecule has 0 aliphatic carbocycles. The highest BCUT2D eigenvalue weighted by Crippen LogP contribution is 2.22. The van der Waals surface area contributed by atoms with Crippen molar-refractivity contribution < 1.29 is 0 Å². The number of hydrogen-bond acceptors (Lipinski definition) is 3. The third kappa shape index (κ3) is 3.16. The Morgan fingerprint density at radius 1 is 1.13 bits per heavy atom. The maximum atomic E-state index is 5.60. The van der Waals surface area contributed by atoms with E-state index in [1.165, 1.54) is 52.0 Å². The van der Waals surface area contributed by atoms with Crippen LogP contribution in [0.25, 0.3) is 0 Å². The third-order valence-electron chi connectivity index (χ3n) is 3.94. The van der Waals surface area contributed by atoms with Gasteiger partial charge in [0.15, 0.2) is 0 Å². The predicted octanol–water partition coefficient (Wildman–Crippen LogP) is 0.609. The van der Waals surface area contributed by atoms with Gasteiger partial charge in [-0.3, -0.25) is 0 Å². The Morgan fingerprint density at radius 2 is 1.93 bits per heavy atom. The summed E-state index contributed by atoms with van der Waals surface area (Å²) in [5.41, 5.74) is 5.60. The molecule has 2 aliphatic rings. The van der Waals surface area contributed by atoms with Crippen molar-refractivity contribution >= 4 is 0 Å². The Hall–Kier alpha value is -0.120. The first-order valence-electron chi connectivity index (χ1n) is 6.39. The zero-order valence-corrected chi connectivity index (χ0v) is 9.99. The topological polar surface area (TPSA) is 32.5 Å². The molecule has 15 heavy (non-hydrogen) atoms. The Labute approximate surface area is 93.6 Å². The van der Waals surface area contributed by atoms with Crippen molar-refractivity contribution in [2.24, 2.45) is 17.6 Å². The average Bonchev–Trinajstić information content (AvgIpc) is 2.59. The second-order valence-corrected chi connectivity index (χ2v) is 5.41. The van der Waals surface area contributed by atoms with Crippen LogP contribution in [-0.4, -0.2) is 56.1 Å². The first kappa shape index (κ1) is 11.4. The quantitative estimate of drug-likeness (QED) is 0.723. The lowest BCUT2D eigenvalue weighted by Gasteiger charge is -2.37. The molecule has 0 spiro atoms. The standard InChI is InChI=1S/C12H25N3/c1-14-8-12(9-14)4-7-15-6-3-11(10-15)2-5-13/h11-12H,2-10,13H2,1H3. The van der Waals surface area contributed by atoms with Crippen molar-refractivity contribution in [3.63, 3.8) is 0 Å². The number of rotatable bonds is 5.